The zero-order chi connectivity index (χ0) is 15.3. The van der Waals surface area contributed by atoms with Gasteiger partial charge in [0.25, 0.3) is 0 Å². The summed E-state index contributed by atoms with van der Waals surface area (Å²) < 4.78 is 0. The first-order valence-electron chi connectivity index (χ1n) is 8.57. The molecule has 0 radical (unpaired) electrons. The van der Waals surface area contributed by atoms with E-state index in [2.05, 4.69) is 68.2 Å². The Morgan fingerprint density at radius 1 is 1.24 bits per heavy atom. The molecule has 1 fully saturated rings. The number of benzene rings is 1. The lowest BCUT2D eigenvalue weighted by molar-refractivity contribution is 0.0828. The topological polar surface area (TPSA) is 15.3 Å². The molecule has 2 nitrogen and oxygen atoms in total. The van der Waals surface area contributed by atoms with Gasteiger partial charge in [-0.05, 0) is 43.8 Å². The fourth-order valence-electron chi connectivity index (χ4n) is 3.70. The average Bonchev–Trinajstić information content (AvgIpc) is 2.48. The third-order valence-electron chi connectivity index (χ3n) is 4.87. The van der Waals surface area contributed by atoms with Crippen molar-refractivity contribution in [2.75, 3.05) is 19.6 Å². The van der Waals surface area contributed by atoms with Gasteiger partial charge in [-0.25, -0.2) is 0 Å². The second-order valence-electron chi connectivity index (χ2n) is 7.21. The molecule has 0 spiro atoms. The van der Waals surface area contributed by atoms with Crippen molar-refractivity contribution in [3.63, 3.8) is 0 Å². The Hall–Kier alpha value is -0.860. The van der Waals surface area contributed by atoms with Crippen molar-refractivity contribution in [2.24, 2.45) is 5.41 Å². The molecule has 2 rings (SSSR count). The van der Waals surface area contributed by atoms with Gasteiger partial charge in [-0.2, -0.15) is 0 Å². The Kier molecular flexibility index (Phi) is 5.83. The van der Waals surface area contributed by atoms with E-state index >= 15 is 0 Å². The van der Waals surface area contributed by atoms with Gasteiger partial charge in [0, 0.05) is 18.6 Å². The van der Waals surface area contributed by atoms with Crippen LogP contribution < -0.4 is 5.32 Å². The summed E-state index contributed by atoms with van der Waals surface area (Å²) in [6, 6.07) is 12.1. The molecule has 1 aliphatic heterocycles. The van der Waals surface area contributed by atoms with E-state index in [1.165, 1.54) is 37.9 Å². The Morgan fingerprint density at radius 3 is 2.57 bits per heavy atom. The highest BCUT2D eigenvalue weighted by molar-refractivity contribution is 5.21. The van der Waals surface area contributed by atoms with Crippen LogP contribution in [0.15, 0.2) is 30.3 Å². The molecule has 1 heterocycles. The summed E-state index contributed by atoms with van der Waals surface area (Å²) in [5, 5.41) is 3.72. The molecule has 2 unspecified atom stereocenters. The Labute approximate surface area is 130 Å². The molecule has 0 aliphatic carbocycles. The highest BCUT2D eigenvalue weighted by Gasteiger charge is 2.33. The minimum absolute atomic E-state index is 0.225. The molecule has 2 heteroatoms. The minimum Gasteiger partial charge on any atom is -0.310 e. The molecular formula is C19H32N2. The van der Waals surface area contributed by atoms with E-state index in [9.17, 15) is 0 Å². The van der Waals surface area contributed by atoms with Crippen molar-refractivity contribution in [1.82, 2.24) is 10.2 Å². The van der Waals surface area contributed by atoms with Gasteiger partial charge in [0.2, 0.25) is 0 Å². The number of rotatable bonds is 6. The Morgan fingerprint density at radius 2 is 1.95 bits per heavy atom. The maximum Gasteiger partial charge on any atom is 0.0384 e. The largest absolute Gasteiger partial charge is 0.310 e. The van der Waals surface area contributed by atoms with Crippen LogP contribution >= 0.6 is 0 Å². The van der Waals surface area contributed by atoms with Crippen molar-refractivity contribution in [3.8, 4) is 0 Å². The van der Waals surface area contributed by atoms with Crippen molar-refractivity contribution >= 4 is 0 Å². The zero-order valence-electron chi connectivity index (χ0n) is 14.2. The molecular weight excluding hydrogens is 256 g/mol. The first-order valence-corrected chi connectivity index (χ1v) is 8.57. The molecule has 1 aliphatic rings. The van der Waals surface area contributed by atoms with Crippen molar-refractivity contribution in [3.05, 3.63) is 35.9 Å². The third kappa shape index (κ3) is 4.31. The van der Waals surface area contributed by atoms with E-state index in [-0.39, 0.29) is 5.41 Å². The molecule has 1 aromatic rings. The van der Waals surface area contributed by atoms with Crippen molar-refractivity contribution < 1.29 is 0 Å². The van der Waals surface area contributed by atoms with Crippen LogP contribution in [0, 0.1) is 5.41 Å². The molecule has 118 valence electrons. The quantitative estimate of drug-likeness (QED) is 0.842. The van der Waals surface area contributed by atoms with Crippen molar-refractivity contribution in [1.29, 1.82) is 0 Å². The molecule has 1 N–H and O–H groups in total. The number of hydrogen-bond donors (Lipinski definition) is 1. The second-order valence-corrected chi connectivity index (χ2v) is 7.21. The number of hydrogen-bond acceptors (Lipinski definition) is 2. The van der Waals surface area contributed by atoms with Gasteiger partial charge < -0.3 is 10.2 Å². The summed E-state index contributed by atoms with van der Waals surface area (Å²) in [4.78, 5) is 2.69. The predicted molar refractivity (Wildman–Crippen MR) is 91.5 cm³/mol. The van der Waals surface area contributed by atoms with Gasteiger partial charge in [0.1, 0.15) is 0 Å². The van der Waals surface area contributed by atoms with Gasteiger partial charge >= 0.3 is 0 Å². The summed E-state index contributed by atoms with van der Waals surface area (Å²) in [6.45, 7) is 12.9. The van der Waals surface area contributed by atoms with Crippen LogP contribution in [0.25, 0.3) is 0 Å². The summed E-state index contributed by atoms with van der Waals surface area (Å²) in [6.07, 6.45) is 4.11. The minimum atomic E-state index is 0.225. The van der Waals surface area contributed by atoms with Gasteiger partial charge in [-0.15, -0.1) is 0 Å². The molecule has 21 heavy (non-hydrogen) atoms. The maximum absolute atomic E-state index is 3.72. The standard InChI is InChI=1S/C19H32N2/c1-5-20-18(17-12-7-6-8-13-17)19(3,4)15-21-14-10-9-11-16(21)2/h6-8,12-13,16,18,20H,5,9-11,14-15H2,1-4H3. The van der Waals surface area contributed by atoms with Gasteiger partial charge in [-0.3, -0.25) is 0 Å². The van der Waals surface area contributed by atoms with Gasteiger partial charge in [-0.1, -0.05) is 57.5 Å². The van der Waals surface area contributed by atoms with E-state index in [0.717, 1.165) is 12.6 Å². The fraction of sp³-hybridized carbons (Fsp3) is 0.684. The average molecular weight is 288 g/mol. The molecule has 0 amide bonds. The molecule has 0 aromatic heterocycles. The third-order valence-corrected chi connectivity index (χ3v) is 4.87. The van der Waals surface area contributed by atoms with E-state index < -0.39 is 0 Å². The first-order chi connectivity index (χ1) is 10.0. The number of nitrogens with zero attached hydrogens (tertiary/aromatic N) is 1. The summed E-state index contributed by atoms with van der Waals surface area (Å²) in [5.74, 6) is 0. The van der Waals surface area contributed by atoms with Crippen LogP contribution in [-0.2, 0) is 0 Å². The highest BCUT2D eigenvalue weighted by Crippen LogP contribution is 2.35. The maximum atomic E-state index is 3.72. The fourth-order valence-corrected chi connectivity index (χ4v) is 3.70. The van der Waals surface area contributed by atoms with Crippen molar-refractivity contribution in [2.45, 2.75) is 59.0 Å². The van der Waals surface area contributed by atoms with Crippen LogP contribution in [0.3, 0.4) is 0 Å². The zero-order valence-corrected chi connectivity index (χ0v) is 14.2. The van der Waals surface area contributed by atoms with E-state index in [1.54, 1.807) is 0 Å². The second kappa shape index (κ2) is 7.42. The normalized spacial score (nSPS) is 22.2. The molecule has 0 saturated carbocycles. The monoisotopic (exact) mass is 288 g/mol. The number of likely N-dealkylation sites (tertiary alicyclic amines) is 1. The lowest BCUT2D eigenvalue weighted by Gasteiger charge is -2.43. The van der Waals surface area contributed by atoms with Crippen LogP contribution in [0.4, 0.5) is 0 Å². The van der Waals surface area contributed by atoms with Gasteiger partial charge in [0.05, 0.1) is 0 Å². The Bertz CT molecular complexity index is 413. The number of piperidine rings is 1. The number of nitrogens with one attached hydrogen (secondary N) is 1. The lowest BCUT2D eigenvalue weighted by Crippen LogP contribution is -2.47. The lowest BCUT2D eigenvalue weighted by atomic mass is 9.79. The molecule has 1 aromatic carbocycles. The first kappa shape index (κ1) is 16.5. The Balaban J connectivity index is 2.13. The van der Waals surface area contributed by atoms with Crippen LogP contribution in [0.5, 0.6) is 0 Å². The van der Waals surface area contributed by atoms with Crippen LogP contribution in [0.1, 0.15) is 58.6 Å². The van der Waals surface area contributed by atoms with E-state index in [1.807, 2.05) is 0 Å². The smallest absolute Gasteiger partial charge is 0.0384 e. The predicted octanol–water partition coefficient (Wildman–Crippen LogP) is 4.24. The molecule has 0 bridgehead atoms. The summed E-state index contributed by atoms with van der Waals surface area (Å²) in [5.41, 5.74) is 1.64. The highest BCUT2D eigenvalue weighted by atomic mass is 15.2. The van der Waals surface area contributed by atoms with Crippen LogP contribution in [-0.4, -0.2) is 30.6 Å². The summed E-state index contributed by atoms with van der Waals surface area (Å²) in [7, 11) is 0. The van der Waals surface area contributed by atoms with Crippen LogP contribution in [0.2, 0.25) is 0 Å². The van der Waals surface area contributed by atoms with Gasteiger partial charge in [0.15, 0.2) is 0 Å². The molecule has 2 atom stereocenters. The van der Waals surface area contributed by atoms with E-state index in [0.29, 0.717) is 6.04 Å². The molecule has 1 saturated heterocycles. The summed E-state index contributed by atoms with van der Waals surface area (Å²) >= 11 is 0. The SMILES string of the molecule is CCNC(c1ccccc1)C(C)(C)CN1CCCCC1C. The van der Waals surface area contributed by atoms with E-state index in [4.69, 9.17) is 0 Å².